The van der Waals surface area contributed by atoms with E-state index in [4.69, 9.17) is 4.42 Å². The van der Waals surface area contributed by atoms with Crippen molar-refractivity contribution in [3.8, 4) is 0 Å². The minimum absolute atomic E-state index is 0.00693. The van der Waals surface area contributed by atoms with E-state index >= 15 is 0 Å². The highest BCUT2D eigenvalue weighted by atomic mass is 32.1. The topological polar surface area (TPSA) is 73.1 Å². The summed E-state index contributed by atoms with van der Waals surface area (Å²) in [6.45, 7) is 4.20. The number of aromatic nitrogens is 2. The van der Waals surface area contributed by atoms with Crippen LogP contribution in [0.5, 0.6) is 0 Å². The van der Waals surface area contributed by atoms with Crippen LogP contribution in [0.15, 0.2) is 56.7 Å². The van der Waals surface area contributed by atoms with Crippen LogP contribution in [0.25, 0.3) is 11.0 Å². The molecule has 4 aromatic rings. The highest BCUT2D eigenvalue weighted by Crippen LogP contribution is 2.34. The molecule has 7 heteroatoms. The third kappa shape index (κ3) is 5.65. The normalized spacial score (nSPS) is 12.0. The summed E-state index contributed by atoms with van der Waals surface area (Å²) in [5.41, 5.74) is 5.84. The molecule has 1 aromatic carbocycles. The molecule has 4 rings (SSSR count). The lowest BCUT2D eigenvalue weighted by Crippen LogP contribution is -2.44. The molecule has 0 fully saturated rings. The molecule has 172 valence electrons. The van der Waals surface area contributed by atoms with E-state index in [0.29, 0.717) is 38.0 Å². The number of carbonyl (C=O) groups is 2. The third-order valence-electron chi connectivity index (χ3n) is 6.11. The summed E-state index contributed by atoms with van der Waals surface area (Å²) >= 11 is 2.97. The van der Waals surface area contributed by atoms with E-state index in [-0.39, 0.29) is 11.6 Å². The van der Waals surface area contributed by atoms with Crippen molar-refractivity contribution in [3.05, 3.63) is 69.3 Å². The van der Waals surface area contributed by atoms with Crippen molar-refractivity contribution >= 4 is 45.2 Å². The zero-order chi connectivity index (χ0) is 23.3. The first-order valence-corrected chi connectivity index (χ1v) is 13.1. The average molecular weight is 481 g/mol. The summed E-state index contributed by atoms with van der Waals surface area (Å²) in [5, 5.41) is 4.89. The number of fused-ring (bicyclic) bond motifs is 1. The van der Waals surface area contributed by atoms with Gasteiger partial charge in [-0.2, -0.15) is 0 Å². The number of benzene rings is 1. The molecule has 0 bridgehead atoms. The Hall–Kier alpha value is -2.64. The number of carbonyl (C=O) groups excluding carboxylic acids is 2. The van der Waals surface area contributed by atoms with Crippen LogP contribution in [0.4, 0.5) is 0 Å². The molecule has 0 radical (unpaired) electrons. The van der Waals surface area contributed by atoms with Crippen LogP contribution in [-0.2, 0) is 28.9 Å². The van der Waals surface area contributed by atoms with E-state index in [2.05, 4.69) is 29.9 Å². The van der Waals surface area contributed by atoms with Gasteiger partial charge in [0.2, 0.25) is 0 Å². The summed E-state index contributed by atoms with van der Waals surface area (Å²) in [7, 11) is 0. The van der Waals surface area contributed by atoms with E-state index in [0.717, 1.165) is 34.3 Å². The number of nitrogens with zero attached hydrogens (tertiary/aromatic N) is 2. The van der Waals surface area contributed by atoms with Crippen LogP contribution in [0.2, 0.25) is 0 Å². The number of ketones is 2. The van der Waals surface area contributed by atoms with E-state index in [1.807, 2.05) is 29.0 Å². The summed E-state index contributed by atoms with van der Waals surface area (Å²) in [6, 6.07) is 7.89. The number of hydrogen-bond acceptors (Lipinski definition) is 7. The molecule has 0 aliphatic rings. The Kier molecular flexibility index (Phi) is 7.50. The fourth-order valence-corrected chi connectivity index (χ4v) is 5.32. The van der Waals surface area contributed by atoms with Crippen molar-refractivity contribution in [2.24, 2.45) is 11.3 Å². The monoisotopic (exact) mass is 480 g/mol. The van der Waals surface area contributed by atoms with Gasteiger partial charge in [0, 0.05) is 41.8 Å². The van der Waals surface area contributed by atoms with Gasteiger partial charge in [-0.1, -0.05) is 19.9 Å². The Morgan fingerprint density at radius 2 is 1.64 bits per heavy atom. The molecule has 0 unspecified atom stereocenters. The van der Waals surface area contributed by atoms with E-state index in [1.165, 1.54) is 22.7 Å². The van der Waals surface area contributed by atoms with Crippen molar-refractivity contribution in [1.82, 2.24) is 9.97 Å². The smallest absolute Gasteiger partial charge is 0.147 e. The Morgan fingerprint density at radius 1 is 0.970 bits per heavy atom. The Bertz CT molecular complexity index is 1160. The molecule has 5 nitrogen and oxygen atoms in total. The molecule has 3 aromatic heterocycles. The second-order valence-corrected chi connectivity index (χ2v) is 10.4. The van der Waals surface area contributed by atoms with Crippen LogP contribution in [0.1, 0.15) is 50.1 Å². The lowest BCUT2D eigenvalue weighted by Gasteiger charge is -2.30. The van der Waals surface area contributed by atoms with Crippen LogP contribution in [0, 0.1) is 11.3 Å². The molecule has 0 aliphatic heterocycles. The molecule has 3 heterocycles. The standard InChI is InChI=1S/C26H28N2O3S2/c1-18(2)3-7-24(29)26(12-21-14-32-16-27-21,13-22-15-33-17-28-22)25(30)8-5-19-4-6-23-20(11-19)9-10-31-23/h4,6,9-11,14-18H,3,5,7-8,12-13H2,1-2H3. The number of furan rings is 1. The number of Topliss-reactive ketones (excluding diaryl/α,β-unsaturated/α-hetero) is 2. The molecular formula is C26H28N2O3S2. The molecular weight excluding hydrogens is 452 g/mol. The van der Waals surface area contributed by atoms with Crippen molar-refractivity contribution in [1.29, 1.82) is 0 Å². The molecule has 0 atom stereocenters. The van der Waals surface area contributed by atoms with Gasteiger partial charge in [-0.05, 0) is 42.5 Å². The van der Waals surface area contributed by atoms with Gasteiger partial charge in [0.05, 0.1) is 34.1 Å². The Morgan fingerprint density at radius 3 is 2.24 bits per heavy atom. The number of aryl methyl sites for hydroxylation is 1. The largest absolute Gasteiger partial charge is 0.464 e. The predicted molar refractivity (Wildman–Crippen MR) is 133 cm³/mol. The predicted octanol–water partition coefficient (Wildman–Crippen LogP) is 6.32. The molecule has 0 N–H and O–H groups in total. The molecule has 0 spiro atoms. The van der Waals surface area contributed by atoms with Crippen LogP contribution < -0.4 is 0 Å². The van der Waals surface area contributed by atoms with Crippen LogP contribution in [0.3, 0.4) is 0 Å². The first-order valence-electron chi connectivity index (χ1n) is 11.2. The fourth-order valence-electron chi connectivity index (χ4n) is 4.21. The first kappa shape index (κ1) is 23.5. The van der Waals surface area contributed by atoms with Gasteiger partial charge in [0.1, 0.15) is 17.1 Å². The van der Waals surface area contributed by atoms with Gasteiger partial charge < -0.3 is 4.42 Å². The quantitative estimate of drug-likeness (QED) is 0.222. The number of thiazole rings is 2. The molecule has 0 saturated carbocycles. The van der Waals surface area contributed by atoms with E-state index in [9.17, 15) is 9.59 Å². The molecule has 33 heavy (non-hydrogen) atoms. The second-order valence-electron chi connectivity index (χ2n) is 8.97. The summed E-state index contributed by atoms with van der Waals surface area (Å²) in [6.07, 6.45) is 4.34. The minimum Gasteiger partial charge on any atom is -0.464 e. The maximum atomic E-state index is 13.9. The maximum Gasteiger partial charge on any atom is 0.147 e. The Balaban J connectivity index is 1.63. The van der Waals surface area contributed by atoms with Gasteiger partial charge in [0.15, 0.2) is 0 Å². The second kappa shape index (κ2) is 10.5. The average Bonchev–Trinajstić information content (AvgIpc) is 3.57. The highest BCUT2D eigenvalue weighted by Gasteiger charge is 2.45. The van der Waals surface area contributed by atoms with Crippen LogP contribution >= 0.6 is 22.7 Å². The lowest BCUT2D eigenvalue weighted by molar-refractivity contribution is -0.141. The van der Waals surface area contributed by atoms with Gasteiger partial charge in [-0.25, -0.2) is 9.97 Å². The third-order valence-corrected chi connectivity index (χ3v) is 7.38. The van der Waals surface area contributed by atoms with Gasteiger partial charge >= 0.3 is 0 Å². The number of rotatable bonds is 12. The van der Waals surface area contributed by atoms with E-state index in [1.54, 1.807) is 17.3 Å². The van der Waals surface area contributed by atoms with Gasteiger partial charge in [-0.3, -0.25) is 9.59 Å². The maximum absolute atomic E-state index is 13.9. The lowest BCUT2D eigenvalue weighted by atomic mass is 9.69. The zero-order valence-electron chi connectivity index (χ0n) is 19.0. The molecule has 0 saturated heterocycles. The van der Waals surface area contributed by atoms with Crippen LogP contribution in [-0.4, -0.2) is 21.5 Å². The van der Waals surface area contributed by atoms with Gasteiger partial charge in [0.25, 0.3) is 0 Å². The van der Waals surface area contributed by atoms with Gasteiger partial charge in [-0.15, -0.1) is 22.7 Å². The summed E-state index contributed by atoms with van der Waals surface area (Å²) in [4.78, 5) is 36.5. The first-order chi connectivity index (χ1) is 16.0. The summed E-state index contributed by atoms with van der Waals surface area (Å²) in [5.74, 6) is 0.374. The van der Waals surface area contributed by atoms with Crippen molar-refractivity contribution in [2.45, 2.75) is 52.4 Å². The van der Waals surface area contributed by atoms with Crippen molar-refractivity contribution in [2.75, 3.05) is 0 Å². The van der Waals surface area contributed by atoms with Crippen molar-refractivity contribution < 1.29 is 14.0 Å². The highest BCUT2D eigenvalue weighted by molar-refractivity contribution is 7.07. The minimum atomic E-state index is -1.14. The molecule has 0 aliphatic carbocycles. The number of hydrogen-bond donors (Lipinski definition) is 0. The zero-order valence-corrected chi connectivity index (χ0v) is 20.6. The summed E-state index contributed by atoms with van der Waals surface area (Å²) < 4.78 is 5.42. The fraction of sp³-hybridized carbons (Fsp3) is 0.385. The SMILES string of the molecule is CC(C)CCC(=O)C(Cc1cscn1)(Cc1cscn1)C(=O)CCc1ccc2occc2c1. The molecule has 0 amide bonds. The van der Waals surface area contributed by atoms with E-state index < -0.39 is 5.41 Å². The van der Waals surface area contributed by atoms with Crippen molar-refractivity contribution in [3.63, 3.8) is 0 Å². The Labute approximate surface area is 201 Å².